The molecule has 0 bridgehead atoms. The second-order valence-corrected chi connectivity index (χ2v) is 5.93. The van der Waals surface area contributed by atoms with Crippen LogP contribution in [0.4, 0.5) is 15.8 Å². The highest BCUT2D eigenvalue weighted by Crippen LogP contribution is 2.37. The van der Waals surface area contributed by atoms with Crippen molar-refractivity contribution in [2.24, 2.45) is 0 Å². The van der Waals surface area contributed by atoms with Crippen LogP contribution in [0.15, 0.2) is 29.0 Å². The second kappa shape index (κ2) is 5.37. The molecule has 0 aliphatic heterocycles. The van der Waals surface area contributed by atoms with Gasteiger partial charge in [-0.3, -0.25) is 0 Å². The second-order valence-electron chi connectivity index (χ2n) is 5.15. The summed E-state index contributed by atoms with van der Waals surface area (Å²) < 4.78 is 13.6. The van der Waals surface area contributed by atoms with E-state index in [1.165, 1.54) is 12.1 Å². The normalized spacial score (nSPS) is 14.1. The summed E-state index contributed by atoms with van der Waals surface area (Å²) in [6.07, 6.45) is 2.03. The van der Waals surface area contributed by atoms with E-state index < -0.39 is 11.8 Å². The first kappa shape index (κ1) is 13.9. The lowest BCUT2D eigenvalue weighted by Crippen LogP contribution is -2.27. The van der Waals surface area contributed by atoms with Crippen molar-refractivity contribution in [1.29, 1.82) is 0 Å². The molecule has 1 fully saturated rings. The molecular weight excluding hydrogens is 291 g/mol. The van der Waals surface area contributed by atoms with E-state index in [9.17, 15) is 14.3 Å². The number of anilines is 2. The number of nitrogen functional groups attached to an aromatic ring is 1. The predicted octanol–water partition coefficient (Wildman–Crippen LogP) is 3.34. The van der Waals surface area contributed by atoms with Crippen LogP contribution in [0.2, 0.25) is 0 Å². The van der Waals surface area contributed by atoms with Gasteiger partial charge < -0.3 is 15.7 Å². The quantitative estimate of drug-likeness (QED) is 0.832. The Morgan fingerprint density at radius 3 is 2.76 bits per heavy atom. The van der Waals surface area contributed by atoms with Crippen LogP contribution >= 0.6 is 11.3 Å². The van der Waals surface area contributed by atoms with Crippen LogP contribution in [0.1, 0.15) is 28.8 Å². The molecule has 0 spiro atoms. The van der Waals surface area contributed by atoms with E-state index in [0.717, 1.165) is 18.4 Å². The van der Waals surface area contributed by atoms with Gasteiger partial charge in [0, 0.05) is 12.6 Å². The molecule has 0 saturated heterocycles. The van der Waals surface area contributed by atoms with Gasteiger partial charge in [-0.25, -0.2) is 9.18 Å². The van der Waals surface area contributed by atoms with Crippen LogP contribution in [0.5, 0.6) is 0 Å². The molecule has 110 valence electrons. The smallest absolute Gasteiger partial charge is 0.340 e. The fraction of sp³-hybridized carbons (Fsp3) is 0.267. The van der Waals surface area contributed by atoms with Gasteiger partial charge in [0.25, 0.3) is 0 Å². The maximum atomic E-state index is 13.6. The summed E-state index contributed by atoms with van der Waals surface area (Å²) in [6.45, 7) is 0.611. The molecule has 0 amide bonds. The van der Waals surface area contributed by atoms with Gasteiger partial charge in [-0.05, 0) is 47.4 Å². The van der Waals surface area contributed by atoms with Crippen molar-refractivity contribution >= 4 is 28.7 Å². The Kier molecular flexibility index (Phi) is 3.55. The van der Waals surface area contributed by atoms with Crippen LogP contribution in [-0.2, 0) is 6.54 Å². The number of hydrogen-bond acceptors (Lipinski definition) is 4. The average molecular weight is 306 g/mol. The summed E-state index contributed by atoms with van der Waals surface area (Å²) in [4.78, 5) is 13.5. The number of carboxylic acids is 1. The standard InChI is InChI=1S/C15H15FN2O2S/c16-11-3-4-12(13(14(11)17)15(19)20)18(10-1-2-10)7-9-5-6-21-8-9/h3-6,8,10H,1-2,7,17H2,(H,19,20). The minimum Gasteiger partial charge on any atom is -0.478 e. The van der Waals surface area contributed by atoms with E-state index in [-0.39, 0.29) is 11.3 Å². The summed E-state index contributed by atoms with van der Waals surface area (Å²) in [5.41, 5.74) is 6.81. The van der Waals surface area contributed by atoms with Gasteiger partial charge in [0.1, 0.15) is 11.4 Å². The largest absolute Gasteiger partial charge is 0.478 e. The fourth-order valence-electron chi connectivity index (χ4n) is 2.42. The highest BCUT2D eigenvalue weighted by Gasteiger charge is 2.32. The predicted molar refractivity (Wildman–Crippen MR) is 81.3 cm³/mol. The van der Waals surface area contributed by atoms with E-state index in [1.54, 1.807) is 11.3 Å². The molecule has 0 atom stereocenters. The maximum Gasteiger partial charge on any atom is 0.340 e. The lowest BCUT2D eigenvalue weighted by molar-refractivity contribution is 0.0698. The summed E-state index contributed by atoms with van der Waals surface area (Å²) in [6, 6.07) is 5.06. The number of carbonyl (C=O) groups is 1. The third-order valence-corrected chi connectivity index (χ3v) is 4.35. The summed E-state index contributed by atoms with van der Waals surface area (Å²) in [5.74, 6) is -1.89. The SMILES string of the molecule is Nc1c(F)ccc(N(Cc2ccsc2)C2CC2)c1C(=O)O. The Morgan fingerprint density at radius 2 is 2.19 bits per heavy atom. The molecule has 1 aliphatic carbocycles. The van der Waals surface area contributed by atoms with Crippen molar-refractivity contribution < 1.29 is 14.3 Å². The number of hydrogen-bond donors (Lipinski definition) is 2. The third-order valence-electron chi connectivity index (χ3n) is 3.61. The molecule has 1 aromatic carbocycles. The van der Waals surface area contributed by atoms with E-state index in [2.05, 4.69) is 0 Å². The van der Waals surface area contributed by atoms with E-state index in [1.807, 2.05) is 21.7 Å². The average Bonchev–Trinajstić information content (AvgIpc) is 3.16. The van der Waals surface area contributed by atoms with E-state index >= 15 is 0 Å². The summed E-state index contributed by atoms with van der Waals surface area (Å²) in [7, 11) is 0. The van der Waals surface area contributed by atoms with Gasteiger partial charge in [-0.2, -0.15) is 11.3 Å². The van der Waals surface area contributed by atoms with Crippen LogP contribution in [0.3, 0.4) is 0 Å². The lowest BCUT2D eigenvalue weighted by atomic mass is 10.1. The van der Waals surface area contributed by atoms with Crippen molar-refractivity contribution in [1.82, 2.24) is 0 Å². The topological polar surface area (TPSA) is 66.6 Å². The molecular formula is C15H15FN2O2S. The van der Waals surface area contributed by atoms with Gasteiger partial charge in [0.05, 0.1) is 11.4 Å². The zero-order valence-electron chi connectivity index (χ0n) is 11.3. The number of halogens is 1. The molecule has 3 N–H and O–H groups in total. The molecule has 1 saturated carbocycles. The number of thiophene rings is 1. The Hall–Kier alpha value is -2.08. The lowest BCUT2D eigenvalue weighted by Gasteiger charge is -2.26. The highest BCUT2D eigenvalue weighted by molar-refractivity contribution is 7.07. The van der Waals surface area contributed by atoms with Crippen molar-refractivity contribution in [3.05, 3.63) is 45.9 Å². The molecule has 1 aromatic heterocycles. The van der Waals surface area contributed by atoms with Crippen molar-refractivity contribution in [2.75, 3.05) is 10.6 Å². The molecule has 4 nitrogen and oxygen atoms in total. The number of nitrogens with zero attached hydrogens (tertiary/aromatic N) is 1. The Labute approximate surface area is 125 Å². The first-order valence-electron chi connectivity index (χ1n) is 6.67. The number of nitrogens with two attached hydrogens (primary N) is 1. The van der Waals surface area contributed by atoms with E-state index in [0.29, 0.717) is 18.3 Å². The van der Waals surface area contributed by atoms with Crippen LogP contribution in [-0.4, -0.2) is 17.1 Å². The summed E-state index contributed by atoms with van der Waals surface area (Å²) in [5, 5.41) is 13.4. The number of benzene rings is 1. The molecule has 6 heteroatoms. The van der Waals surface area contributed by atoms with Gasteiger partial charge in [0.15, 0.2) is 0 Å². The van der Waals surface area contributed by atoms with Gasteiger partial charge in [-0.1, -0.05) is 0 Å². The number of carboxylic acid groups (broad SMARTS) is 1. The highest BCUT2D eigenvalue weighted by atomic mass is 32.1. The van der Waals surface area contributed by atoms with Crippen molar-refractivity contribution in [2.45, 2.75) is 25.4 Å². The van der Waals surface area contributed by atoms with Gasteiger partial charge in [0.2, 0.25) is 0 Å². The van der Waals surface area contributed by atoms with Crippen molar-refractivity contribution in [3.8, 4) is 0 Å². The zero-order valence-corrected chi connectivity index (χ0v) is 12.1. The zero-order chi connectivity index (χ0) is 15.0. The molecule has 2 aromatic rings. The minimum absolute atomic E-state index is 0.142. The molecule has 0 unspecified atom stereocenters. The van der Waals surface area contributed by atoms with Gasteiger partial charge in [-0.15, -0.1) is 0 Å². The maximum absolute atomic E-state index is 13.6. The van der Waals surface area contributed by atoms with Crippen LogP contribution in [0, 0.1) is 5.82 Å². The molecule has 0 radical (unpaired) electrons. The fourth-order valence-corrected chi connectivity index (χ4v) is 3.08. The monoisotopic (exact) mass is 306 g/mol. The number of rotatable bonds is 5. The van der Waals surface area contributed by atoms with Crippen molar-refractivity contribution in [3.63, 3.8) is 0 Å². The third kappa shape index (κ3) is 2.71. The molecule has 1 heterocycles. The number of aromatic carboxylic acids is 1. The Bertz CT molecular complexity index is 669. The van der Waals surface area contributed by atoms with Gasteiger partial charge >= 0.3 is 5.97 Å². The van der Waals surface area contributed by atoms with E-state index in [4.69, 9.17) is 5.73 Å². The summed E-state index contributed by atoms with van der Waals surface area (Å²) >= 11 is 1.60. The first-order valence-corrected chi connectivity index (χ1v) is 7.61. The Balaban J connectivity index is 2.03. The molecule has 21 heavy (non-hydrogen) atoms. The first-order chi connectivity index (χ1) is 10.1. The van der Waals surface area contributed by atoms with Crippen LogP contribution < -0.4 is 10.6 Å². The molecule has 1 aliphatic rings. The minimum atomic E-state index is -1.20. The Morgan fingerprint density at radius 1 is 1.43 bits per heavy atom. The molecule has 3 rings (SSSR count). The van der Waals surface area contributed by atoms with Crippen LogP contribution in [0.25, 0.3) is 0 Å².